The van der Waals surface area contributed by atoms with Crippen molar-refractivity contribution in [3.63, 3.8) is 0 Å². The highest BCUT2D eigenvalue weighted by Gasteiger charge is 2.32. The standard InChI is InChI=1S/C34H47N3O8/c1-10-19(4)30(34(41)45-9)37-33(40)26(15-18(2)3)36-25-14-12-22-23(17-27(25)39)24(35-20(5)38)13-11-21-16-28(42-6)31(43-7)32(44-8)29(21)22/h12,14,16-19,24,26,30H,10-11,13,15H2,1-9H3,(H,35,38)(H,36,39)(H,37,40). The molecular formula is C34H47N3O8. The number of anilines is 1. The zero-order valence-electron chi connectivity index (χ0n) is 27.8. The first kappa shape index (κ1) is 35.2. The predicted octanol–water partition coefficient (Wildman–Crippen LogP) is 4.39. The highest BCUT2D eigenvalue weighted by molar-refractivity contribution is 5.90. The Morgan fingerprint density at radius 3 is 2.22 bits per heavy atom. The van der Waals surface area contributed by atoms with Gasteiger partial charge >= 0.3 is 5.97 Å². The van der Waals surface area contributed by atoms with Gasteiger partial charge in [0.25, 0.3) is 0 Å². The summed E-state index contributed by atoms with van der Waals surface area (Å²) in [6.45, 7) is 9.19. The van der Waals surface area contributed by atoms with Gasteiger partial charge in [-0.05, 0) is 66.0 Å². The summed E-state index contributed by atoms with van der Waals surface area (Å²) in [7, 11) is 5.91. The zero-order valence-corrected chi connectivity index (χ0v) is 27.8. The fraction of sp³-hybridized carbons (Fsp3) is 0.529. The number of hydrogen-bond acceptors (Lipinski definition) is 9. The van der Waals surface area contributed by atoms with Crippen LogP contribution in [0.1, 0.15) is 71.0 Å². The van der Waals surface area contributed by atoms with Gasteiger partial charge < -0.3 is 34.9 Å². The van der Waals surface area contributed by atoms with Crippen molar-refractivity contribution in [3.05, 3.63) is 45.6 Å². The van der Waals surface area contributed by atoms with Gasteiger partial charge in [0, 0.05) is 12.5 Å². The van der Waals surface area contributed by atoms with Crippen LogP contribution in [0.5, 0.6) is 17.2 Å². The molecule has 0 bridgehead atoms. The number of methoxy groups -OCH3 is 4. The van der Waals surface area contributed by atoms with Gasteiger partial charge in [-0.3, -0.25) is 14.4 Å². The van der Waals surface area contributed by atoms with Crippen molar-refractivity contribution >= 4 is 23.5 Å². The van der Waals surface area contributed by atoms with Crippen molar-refractivity contribution in [2.75, 3.05) is 33.8 Å². The van der Waals surface area contributed by atoms with Crippen LogP contribution >= 0.6 is 0 Å². The fourth-order valence-electron chi connectivity index (χ4n) is 5.77. The smallest absolute Gasteiger partial charge is 0.328 e. The van der Waals surface area contributed by atoms with E-state index in [0.29, 0.717) is 54.1 Å². The summed E-state index contributed by atoms with van der Waals surface area (Å²) in [5, 5.41) is 9.01. The molecule has 3 N–H and O–H groups in total. The molecule has 4 atom stereocenters. The van der Waals surface area contributed by atoms with Crippen LogP contribution in [0.25, 0.3) is 11.1 Å². The Morgan fingerprint density at radius 1 is 0.978 bits per heavy atom. The average molecular weight is 626 g/mol. The number of aryl methyl sites for hydroxylation is 1. The molecule has 0 saturated carbocycles. The van der Waals surface area contributed by atoms with Crippen LogP contribution in [0.4, 0.5) is 5.69 Å². The molecule has 0 aromatic heterocycles. The normalized spacial score (nSPS) is 15.7. The van der Waals surface area contributed by atoms with Crippen LogP contribution < -0.4 is 35.6 Å². The van der Waals surface area contributed by atoms with Crippen LogP contribution in [-0.4, -0.2) is 58.3 Å². The molecule has 0 heterocycles. The minimum Gasteiger partial charge on any atom is -0.493 e. The molecule has 2 aromatic rings. The third kappa shape index (κ3) is 8.06. The van der Waals surface area contributed by atoms with Crippen LogP contribution in [0.15, 0.2) is 29.1 Å². The summed E-state index contributed by atoms with van der Waals surface area (Å²) in [5.41, 5.74) is 2.76. The van der Waals surface area contributed by atoms with Crippen molar-refractivity contribution in [1.82, 2.24) is 10.6 Å². The number of fused-ring (bicyclic) bond motifs is 3. The molecule has 0 fully saturated rings. The van der Waals surface area contributed by atoms with Crippen LogP contribution in [0.3, 0.4) is 0 Å². The molecule has 2 aromatic carbocycles. The lowest BCUT2D eigenvalue weighted by Gasteiger charge is -2.26. The Morgan fingerprint density at radius 2 is 1.67 bits per heavy atom. The van der Waals surface area contributed by atoms with E-state index in [1.165, 1.54) is 27.2 Å². The van der Waals surface area contributed by atoms with Gasteiger partial charge in [0.1, 0.15) is 12.1 Å². The van der Waals surface area contributed by atoms with Gasteiger partial charge in [0.15, 0.2) is 11.5 Å². The molecule has 0 aliphatic heterocycles. The summed E-state index contributed by atoms with van der Waals surface area (Å²) in [6.07, 6.45) is 2.15. The van der Waals surface area contributed by atoms with Gasteiger partial charge in [0.05, 0.1) is 40.2 Å². The number of hydrogen-bond donors (Lipinski definition) is 3. The number of carbonyl (C=O) groups is 3. The van der Waals surface area contributed by atoms with Gasteiger partial charge in [-0.1, -0.05) is 40.2 Å². The van der Waals surface area contributed by atoms with Crippen molar-refractivity contribution in [3.8, 4) is 28.4 Å². The molecule has 45 heavy (non-hydrogen) atoms. The second-order valence-electron chi connectivity index (χ2n) is 11.8. The maximum Gasteiger partial charge on any atom is 0.328 e. The lowest BCUT2D eigenvalue weighted by Crippen LogP contribution is -2.51. The zero-order chi connectivity index (χ0) is 33.4. The molecule has 11 nitrogen and oxygen atoms in total. The van der Waals surface area contributed by atoms with E-state index in [2.05, 4.69) is 16.0 Å². The molecule has 1 aliphatic carbocycles. The summed E-state index contributed by atoms with van der Waals surface area (Å²) in [6, 6.07) is 4.73. The molecule has 246 valence electrons. The summed E-state index contributed by atoms with van der Waals surface area (Å²) >= 11 is 0. The molecule has 0 spiro atoms. The van der Waals surface area contributed by atoms with E-state index >= 15 is 0 Å². The summed E-state index contributed by atoms with van der Waals surface area (Å²) in [5.74, 6) is 0.135. The Hall–Kier alpha value is -4.28. The number of benzene rings is 1. The number of ether oxygens (including phenoxy) is 4. The minimum atomic E-state index is -0.826. The molecule has 0 saturated heterocycles. The predicted molar refractivity (Wildman–Crippen MR) is 173 cm³/mol. The molecule has 0 radical (unpaired) electrons. The maximum absolute atomic E-state index is 13.8. The van der Waals surface area contributed by atoms with Crippen LogP contribution in [-0.2, 0) is 25.5 Å². The largest absolute Gasteiger partial charge is 0.493 e. The highest BCUT2D eigenvalue weighted by Crippen LogP contribution is 2.50. The number of esters is 1. The van der Waals surface area contributed by atoms with E-state index < -0.39 is 30.0 Å². The van der Waals surface area contributed by atoms with E-state index in [9.17, 15) is 19.2 Å². The fourth-order valence-corrected chi connectivity index (χ4v) is 5.77. The SMILES string of the molecule is CCC(C)C(NC(=O)C(CC(C)C)Nc1ccc2c(cc1=O)C(NC(C)=O)CCc1cc(OC)c(OC)c(OC)c1-2)C(=O)OC. The van der Waals surface area contributed by atoms with Crippen molar-refractivity contribution in [2.24, 2.45) is 11.8 Å². The Kier molecular flexibility index (Phi) is 12.2. The topological polar surface area (TPSA) is 141 Å². The molecule has 3 rings (SSSR count). The molecule has 1 aliphatic rings. The van der Waals surface area contributed by atoms with Crippen LogP contribution in [0.2, 0.25) is 0 Å². The second-order valence-corrected chi connectivity index (χ2v) is 11.8. The molecule has 11 heteroatoms. The van der Waals surface area contributed by atoms with Gasteiger partial charge in [0.2, 0.25) is 23.0 Å². The van der Waals surface area contributed by atoms with Gasteiger partial charge in [-0.15, -0.1) is 0 Å². The number of rotatable bonds is 13. The summed E-state index contributed by atoms with van der Waals surface area (Å²) < 4.78 is 22.1. The second kappa shape index (κ2) is 15.6. The Balaban J connectivity index is 2.19. The average Bonchev–Trinajstić information content (AvgIpc) is 3.25. The van der Waals surface area contributed by atoms with E-state index in [0.717, 1.165) is 11.1 Å². The first-order valence-corrected chi connectivity index (χ1v) is 15.3. The van der Waals surface area contributed by atoms with Crippen molar-refractivity contribution in [1.29, 1.82) is 0 Å². The van der Waals surface area contributed by atoms with E-state index in [1.807, 2.05) is 33.8 Å². The van der Waals surface area contributed by atoms with E-state index in [-0.39, 0.29) is 28.9 Å². The van der Waals surface area contributed by atoms with E-state index in [4.69, 9.17) is 18.9 Å². The first-order valence-electron chi connectivity index (χ1n) is 15.3. The van der Waals surface area contributed by atoms with Crippen molar-refractivity contribution < 1.29 is 33.3 Å². The minimum absolute atomic E-state index is 0.0976. The number of nitrogens with one attached hydrogen (secondary N) is 3. The monoisotopic (exact) mass is 625 g/mol. The van der Waals surface area contributed by atoms with Gasteiger partial charge in [-0.2, -0.15) is 0 Å². The lowest BCUT2D eigenvalue weighted by atomic mass is 9.95. The van der Waals surface area contributed by atoms with E-state index in [1.54, 1.807) is 26.4 Å². The van der Waals surface area contributed by atoms with Crippen LogP contribution in [0, 0.1) is 11.8 Å². The van der Waals surface area contributed by atoms with Crippen molar-refractivity contribution in [2.45, 2.75) is 78.4 Å². The molecule has 4 unspecified atom stereocenters. The first-order chi connectivity index (χ1) is 21.4. The Bertz CT molecular complexity index is 1460. The third-order valence-electron chi connectivity index (χ3n) is 8.24. The lowest BCUT2D eigenvalue weighted by molar-refractivity contribution is -0.146. The van der Waals surface area contributed by atoms with Gasteiger partial charge in [-0.25, -0.2) is 4.79 Å². The highest BCUT2D eigenvalue weighted by atomic mass is 16.5. The summed E-state index contributed by atoms with van der Waals surface area (Å²) in [4.78, 5) is 52.2. The third-order valence-corrected chi connectivity index (χ3v) is 8.24. The maximum atomic E-state index is 13.8. The number of carbonyl (C=O) groups excluding carboxylic acids is 3. The quantitative estimate of drug-likeness (QED) is 0.276. The molecular weight excluding hydrogens is 578 g/mol. The molecule has 2 amide bonds. The Labute approximate surface area is 265 Å². The number of amides is 2.